The minimum atomic E-state index is -0.00968. The Morgan fingerprint density at radius 2 is 2.09 bits per heavy atom. The largest absolute Gasteiger partial charge is 0.457 e. The summed E-state index contributed by atoms with van der Waals surface area (Å²) in [5.41, 5.74) is 0. The van der Waals surface area contributed by atoms with Crippen LogP contribution in [0, 0.1) is 5.92 Å². The third kappa shape index (κ3) is 1.38. The Balaban J connectivity index is 1.71. The fourth-order valence-corrected chi connectivity index (χ4v) is 1.19. The fraction of sp³-hybridized carbons (Fsp3) is 0.875. The first-order chi connectivity index (χ1) is 5.36. The van der Waals surface area contributed by atoms with Crippen LogP contribution in [0.5, 0.6) is 0 Å². The maximum atomic E-state index is 11.2. The monoisotopic (exact) mass is 156 g/mol. The predicted octanol–water partition coefficient (Wildman–Crippen LogP) is 0.729. The van der Waals surface area contributed by atoms with E-state index in [9.17, 15) is 4.79 Å². The zero-order valence-corrected chi connectivity index (χ0v) is 6.41. The van der Waals surface area contributed by atoms with Gasteiger partial charge in [0.2, 0.25) is 0 Å². The lowest BCUT2D eigenvalue weighted by atomic mass is 9.86. The van der Waals surface area contributed by atoms with Gasteiger partial charge in [0.05, 0.1) is 19.1 Å². The molecule has 0 aromatic heterocycles. The Labute approximate surface area is 65.7 Å². The molecule has 0 unspecified atom stereocenters. The van der Waals surface area contributed by atoms with Crippen LogP contribution in [0.25, 0.3) is 0 Å². The minimum Gasteiger partial charge on any atom is -0.457 e. The van der Waals surface area contributed by atoms with E-state index in [0.717, 1.165) is 12.8 Å². The fourth-order valence-electron chi connectivity index (χ4n) is 1.19. The van der Waals surface area contributed by atoms with Gasteiger partial charge in [0, 0.05) is 0 Å². The molecular weight excluding hydrogens is 144 g/mol. The van der Waals surface area contributed by atoms with E-state index in [4.69, 9.17) is 9.47 Å². The predicted molar refractivity (Wildman–Crippen MR) is 38.0 cm³/mol. The van der Waals surface area contributed by atoms with Crippen molar-refractivity contribution < 1.29 is 14.3 Å². The first-order valence-electron chi connectivity index (χ1n) is 4.14. The number of esters is 1. The van der Waals surface area contributed by atoms with Gasteiger partial charge in [-0.3, -0.25) is 4.79 Å². The summed E-state index contributed by atoms with van der Waals surface area (Å²) in [4.78, 5) is 11.2. The molecule has 2 rings (SSSR count). The summed E-state index contributed by atoms with van der Waals surface area (Å²) in [5.74, 6) is 0.195. The first-order valence-corrected chi connectivity index (χ1v) is 4.14. The van der Waals surface area contributed by atoms with Gasteiger partial charge in [-0.25, -0.2) is 0 Å². The van der Waals surface area contributed by atoms with Crippen LogP contribution in [0.1, 0.15) is 19.3 Å². The van der Waals surface area contributed by atoms with E-state index in [2.05, 4.69) is 0 Å². The van der Waals surface area contributed by atoms with Crippen molar-refractivity contribution in [2.45, 2.75) is 25.4 Å². The number of rotatable bonds is 2. The van der Waals surface area contributed by atoms with Gasteiger partial charge in [-0.05, 0) is 12.8 Å². The molecule has 0 bridgehead atoms. The number of hydrogen-bond acceptors (Lipinski definition) is 3. The molecule has 3 heteroatoms. The Hall–Kier alpha value is -0.570. The van der Waals surface area contributed by atoms with Gasteiger partial charge in [-0.1, -0.05) is 6.42 Å². The van der Waals surface area contributed by atoms with E-state index in [1.54, 1.807) is 0 Å². The summed E-state index contributed by atoms with van der Waals surface area (Å²) in [7, 11) is 0. The summed E-state index contributed by atoms with van der Waals surface area (Å²) in [6, 6.07) is 0. The van der Waals surface area contributed by atoms with E-state index in [-0.39, 0.29) is 18.0 Å². The number of carbonyl (C=O) groups excluding carboxylic acids is 1. The molecule has 0 spiro atoms. The second-order valence-corrected chi connectivity index (χ2v) is 3.22. The summed E-state index contributed by atoms with van der Waals surface area (Å²) >= 11 is 0. The van der Waals surface area contributed by atoms with Crippen LogP contribution in [0.3, 0.4) is 0 Å². The Morgan fingerprint density at radius 3 is 2.45 bits per heavy atom. The molecule has 0 atom stereocenters. The molecule has 0 aromatic carbocycles. The molecule has 2 aliphatic rings. The molecule has 2 fully saturated rings. The van der Waals surface area contributed by atoms with Crippen LogP contribution >= 0.6 is 0 Å². The van der Waals surface area contributed by atoms with Crippen LogP contribution in [0.15, 0.2) is 0 Å². The van der Waals surface area contributed by atoms with E-state index in [1.165, 1.54) is 6.42 Å². The lowest BCUT2D eigenvalue weighted by Crippen LogP contribution is -2.40. The number of ether oxygens (including phenoxy) is 2. The third-order valence-electron chi connectivity index (χ3n) is 2.33. The molecule has 62 valence electrons. The van der Waals surface area contributed by atoms with Crippen LogP contribution in [-0.4, -0.2) is 25.3 Å². The topological polar surface area (TPSA) is 35.5 Å². The van der Waals surface area contributed by atoms with Crippen molar-refractivity contribution in [1.29, 1.82) is 0 Å². The maximum Gasteiger partial charge on any atom is 0.309 e. The smallest absolute Gasteiger partial charge is 0.309 e. The highest BCUT2D eigenvalue weighted by atomic mass is 16.6. The van der Waals surface area contributed by atoms with E-state index in [0.29, 0.717) is 13.2 Å². The van der Waals surface area contributed by atoms with E-state index in [1.807, 2.05) is 0 Å². The van der Waals surface area contributed by atoms with Crippen molar-refractivity contribution in [2.24, 2.45) is 5.92 Å². The van der Waals surface area contributed by atoms with Crippen molar-refractivity contribution in [3.05, 3.63) is 0 Å². The van der Waals surface area contributed by atoms with Gasteiger partial charge in [-0.15, -0.1) is 0 Å². The molecule has 3 nitrogen and oxygen atoms in total. The SMILES string of the molecule is O=C(OC1COC1)C1CCC1. The first kappa shape index (κ1) is 7.10. The van der Waals surface area contributed by atoms with Crippen LogP contribution < -0.4 is 0 Å². The lowest BCUT2D eigenvalue weighted by molar-refractivity contribution is -0.179. The van der Waals surface area contributed by atoms with E-state index >= 15 is 0 Å². The van der Waals surface area contributed by atoms with Gasteiger partial charge in [0.1, 0.15) is 6.10 Å². The summed E-state index contributed by atoms with van der Waals surface area (Å²) < 4.78 is 10.0. The highest BCUT2D eigenvalue weighted by Crippen LogP contribution is 2.28. The average Bonchev–Trinajstić information content (AvgIpc) is 1.74. The van der Waals surface area contributed by atoms with Gasteiger partial charge < -0.3 is 9.47 Å². The molecule has 0 amide bonds. The van der Waals surface area contributed by atoms with Crippen molar-refractivity contribution in [3.63, 3.8) is 0 Å². The summed E-state index contributed by atoms with van der Waals surface area (Å²) in [5, 5.41) is 0. The molecule has 0 N–H and O–H groups in total. The quantitative estimate of drug-likeness (QED) is 0.553. The summed E-state index contributed by atoms with van der Waals surface area (Å²) in [6.07, 6.45) is 3.28. The third-order valence-corrected chi connectivity index (χ3v) is 2.33. The van der Waals surface area contributed by atoms with E-state index < -0.39 is 0 Å². The molecule has 0 aromatic rings. The van der Waals surface area contributed by atoms with Gasteiger partial charge in [-0.2, -0.15) is 0 Å². The van der Waals surface area contributed by atoms with Crippen LogP contribution in [-0.2, 0) is 14.3 Å². The van der Waals surface area contributed by atoms with Crippen molar-refractivity contribution >= 4 is 5.97 Å². The normalized spacial score (nSPS) is 25.5. The zero-order valence-electron chi connectivity index (χ0n) is 6.41. The van der Waals surface area contributed by atoms with Crippen molar-refractivity contribution in [2.75, 3.05) is 13.2 Å². The van der Waals surface area contributed by atoms with Crippen LogP contribution in [0.4, 0.5) is 0 Å². The van der Waals surface area contributed by atoms with Crippen molar-refractivity contribution in [1.82, 2.24) is 0 Å². The Kier molecular flexibility index (Phi) is 1.82. The highest BCUT2D eigenvalue weighted by molar-refractivity contribution is 5.73. The lowest BCUT2D eigenvalue weighted by Gasteiger charge is -2.30. The van der Waals surface area contributed by atoms with Gasteiger partial charge in [0.25, 0.3) is 0 Å². The molecule has 1 aliphatic heterocycles. The Morgan fingerprint density at radius 1 is 1.36 bits per heavy atom. The molecule has 1 heterocycles. The summed E-state index contributed by atoms with van der Waals surface area (Å²) in [6.45, 7) is 1.19. The van der Waals surface area contributed by atoms with Gasteiger partial charge >= 0.3 is 5.97 Å². The molecule has 1 aliphatic carbocycles. The average molecular weight is 156 g/mol. The standard InChI is InChI=1S/C8H12O3/c9-8(6-2-1-3-6)11-7-4-10-5-7/h6-7H,1-5H2. The number of hydrogen-bond donors (Lipinski definition) is 0. The van der Waals surface area contributed by atoms with Gasteiger partial charge in [0.15, 0.2) is 0 Å². The molecular formula is C8H12O3. The second kappa shape index (κ2) is 2.81. The zero-order chi connectivity index (χ0) is 7.68. The van der Waals surface area contributed by atoms with Crippen molar-refractivity contribution in [3.8, 4) is 0 Å². The molecule has 1 saturated heterocycles. The maximum absolute atomic E-state index is 11.2. The molecule has 0 radical (unpaired) electrons. The molecule has 1 saturated carbocycles. The minimum absolute atomic E-state index is 0.00968. The van der Waals surface area contributed by atoms with Crippen LogP contribution in [0.2, 0.25) is 0 Å². The Bertz CT molecular complexity index is 159. The molecule has 11 heavy (non-hydrogen) atoms. The number of carbonyl (C=O) groups is 1. The second-order valence-electron chi connectivity index (χ2n) is 3.22. The highest BCUT2D eigenvalue weighted by Gasteiger charge is 2.30.